The third-order valence-corrected chi connectivity index (χ3v) is 5.70. The van der Waals surface area contributed by atoms with Gasteiger partial charge >= 0.3 is 0 Å². The normalized spacial score (nSPS) is 14.6. The molecule has 0 aromatic heterocycles. The topological polar surface area (TPSA) is 75.7 Å². The number of ether oxygens (including phenoxy) is 1. The Morgan fingerprint density at radius 3 is 2.60 bits per heavy atom. The monoisotopic (exact) mass is 360 g/mol. The van der Waals surface area contributed by atoms with Crippen LogP contribution in [0.4, 0.5) is 11.4 Å². The highest BCUT2D eigenvalue weighted by Crippen LogP contribution is 2.27. The van der Waals surface area contributed by atoms with Gasteiger partial charge in [0, 0.05) is 24.7 Å². The van der Waals surface area contributed by atoms with Crippen molar-refractivity contribution in [1.29, 1.82) is 0 Å². The van der Waals surface area contributed by atoms with Gasteiger partial charge in [-0.25, -0.2) is 8.42 Å². The number of carbonyl (C=O) groups excluding carboxylic acids is 1. The molecular weight excluding hydrogens is 340 g/mol. The van der Waals surface area contributed by atoms with Crippen LogP contribution in [0.2, 0.25) is 0 Å². The number of aryl methyl sites for hydroxylation is 1. The molecule has 1 fully saturated rings. The number of hydrogen-bond acceptors (Lipinski definition) is 4. The summed E-state index contributed by atoms with van der Waals surface area (Å²) in [5, 5.41) is 0. The van der Waals surface area contributed by atoms with Gasteiger partial charge in [-0.2, -0.15) is 0 Å². The molecule has 1 heterocycles. The van der Waals surface area contributed by atoms with Crippen molar-refractivity contribution < 1.29 is 17.9 Å². The Hall–Kier alpha value is -2.54. The smallest absolute Gasteiger partial charge is 0.262 e. The number of nitrogens with zero attached hydrogens (tertiary/aromatic N) is 1. The van der Waals surface area contributed by atoms with Crippen LogP contribution in [0.25, 0.3) is 0 Å². The standard InChI is InChI=1S/C18H20N2O4S/c1-13-11-15(20-10-4-7-18(20)21)8-9-17(13)25(22,23)19-14-5-3-6-16(12-14)24-2/h3,5-6,8-9,11-12,19H,4,7,10H2,1-2H3. The maximum atomic E-state index is 12.7. The highest BCUT2D eigenvalue weighted by molar-refractivity contribution is 7.92. The molecule has 3 rings (SSSR count). The Bertz CT molecular complexity index is 909. The predicted molar refractivity (Wildman–Crippen MR) is 96.6 cm³/mol. The number of sulfonamides is 1. The molecule has 0 radical (unpaired) electrons. The third kappa shape index (κ3) is 3.61. The minimum atomic E-state index is -3.73. The third-order valence-electron chi connectivity index (χ3n) is 4.16. The molecule has 0 atom stereocenters. The molecule has 0 aliphatic carbocycles. The SMILES string of the molecule is COc1cccc(NS(=O)(=O)c2ccc(N3CCCC3=O)cc2C)c1. The summed E-state index contributed by atoms with van der Waals surface area (Å²) < 4.78 is 33.0. The fraction of sp³-hybridized carbons (Fsp3) is 0.278. The summed E-state index contributed by atoms with van der Waals surface area (Å²) in [4.78, 5) is 13.7. The van der Waals surface area contributed by atoms with Gasteiger partial charge in [0.15, 0.2) is 0 Å². The molecule has 25 heavy (non-hydrogen) atoms. The van der Waals surface area contributed by atoms with Crippen molar-refractivity contribution in [2.75, 3.05) is 23.3 Å². The summed E-state index contributed by atoms with van der Waals surface area (Å²) in [6, 6.07) is 11.7. The number of methoxy groups -OCH3 is 1. The molecule has 1 aliphatic rings. The van der Waals surface area contributed by atoms with Crippen LogP contribution in [0.1, 0.15) is 18.4 Å². The summed E-state index contributed by atoms with van der Waals surface area (Å²) in [6.07, 6.45) is 1.37. The van der Waals surface area contributed by atoms with Gasteiger partial charge in [-0.05, 0) is 49.2 Å². The molecule has 6 nitrogen and oxygen atoms in total. The van der Waals surface area contributed by atoms with Crippen molar-refractivity contribution in [3.8, 4) is 5.75 Å². The second-order valence-electron chi connectivity index (χ2n) is 5.94. The lowest BCUT2D eigenvalue weighted by Gasteiger charge is -2.18. The Balaban J connectivity index is 1.88. The molecular formula is C18H20N2O4S. The first-order valence-corrected chi connectivity index (χ1v) is 9.47. The zero-order valence-electron chi connectivity index (χ0n) is 14.2. The fourth-order valence-electron chi connectivity index (χ4n) is 2.92. The quantitative estimate of drug-likeness (QED) is 0.889. The van der Waals surface area contributed by atoms with Crippen LogP contribution in [0.5, 0.6) is 5.75 Å². The molecule has 1 amide bonds. The van der Waals surface area contributed by atoms with Gasteiger partial charge < -0.3 is 9.64 Å². The van der Waals surface area contributed by atoms with E-state index in [1.165, 1.54) is 7.11 Å². The summed E-state index contributed by atoms with van der Waals surface area (Å²) in [6.45, 7) is 2.40. The predicted octanol–water partition coefficient (Wildman–Crippen LogP) is 2.93. The van der Waals surface area contributed by atoms with E-state index in [4.69, 9.17) is 4.74 Å². The van der Waals surface area contributed by atoms with E-state index >= 15 is 0 Å². The number of benzene rings is 2. The van der Waals surface area contributed by atoms with E-state index in [1.807, 2.05) is 0 Å². The molecule has 7 heteroatoms. The van der Waals surface area contributed by atoms with Gasteiger partial charge in [0.2, 0.25) is 5.91 Å². The molecule has 1 saturated heterocycles. The number of anilines is 2. The van der Waals surface area contributed by atoms with E-state index in [1.54, 1.807) is 54.3 Å². The van der Waals surface area contributed by atoms with Crippen LogP contribution in [0.3, 0.4) is 0 Å². The Morgan fingerprint density at radius 1 is 1.16 bits per heavy atom. The first kappa shape index (κ1) is 17.3. The second-order valence-corrected chi connectivity index (χ2v) is 7.59. The average molecular weight is 360 g/mol. The van der Waals surface area contributed by atoms with Gasteiger partial charge in [0.1, 0.15) is 5.75 Å². The van der Waals surface area contributed by atoms with E-state index in [9.17, 15) is 13.2 Å². The number of nitrogens with one attached hydrogen (secondary N) is 1. The summed E-state index contributed by atoms with van der Waals surface area (Å²) in [5.74, 6) is 0.643. The summed E-state index contributed by atoms with van der Waals surface area (Å²) in [7, 11) is -2.21. The highest BCUT2D eigenvalue weighted by atomic mass is 32.2. The van der Waals surface area contributed by atoms with Crippen molar-refractivity contribution in [1.82, 2.24) is 0 Å². The highest BCUT2D eigenvalue weighted by Gasteiger charge is 2.24. The van der Waals surface area contributed by atoms with Crippen LogP contribution in [-0.4, -0.2) is 28.0 Å². The minimum Gasteiger partial charge on any atom is -0.497 e. The minimum absolute atomic E-state index is 0.0736. The van der Waals surface area contributed by atoms with Crippen molar-refractivity contribution in [3.63, 3.8) is 0 Å². The van der Waals surface area contributed by atoms with Crippen molar-refractivity contribution in [2.24, 2.45) is 0 Å². The Labute approximate surface area is 147 Å². The molecule has 0 bridgehead atoms. The largest absolute Gasteiger partial charge is 0.497 e. The zero-order chi connectivity index (χ0) is 18.0. The molecule has 1 N–H and O–H groups in total. The van der Waals surface area contributed by atoms with Crippen molar-refractivity contribution >= 4 is 27.3 Å². The number of rotatable bonds is 5. The van der Waals surface area contributed by atoms with Gasteiger partial charge in [-0.15, -0.1) is 0 Å². The van der Waals surface area contributed by atoms with Crippen LogP contribution in [0.15, 0.2) is 47.4 Å². The second kappa shape index (κ2) is 6.76. The van der Waals surface area contributed by atoms with Crippen molar-refractivity contribution in [3.05, 3.63) is 48.0 Å². The van der Waals surface area contributed by atoms with E-state index in [2.05, 4.69) is 4.72 Å². The van der Waals surface area contributed by atoms with Gasteiger partial charge in [0.05, 0.1) is 17.7 Å². The van der Waals surface area contributed by atoms with Crippen molar-refractivity contribution in [2.45, 2.75) is 24.7 Å². The lowest BCUT2D eigenvalue weighted by Crippen LogP contribution is -2.24. The number of amides is 1. The lowest BCUT2D eigenvalue weighted by atomic mass is 10.2. The molecule has 0 saturated carbocycles. The van der Waals surface area contributed by atoms with Crippen LogP contribution >= 0.6 is 0 Å². The van der Waals surface area contributed by atoms with Crippen LogP contribution in [-0.2, 0) is 14.8 Å². The molecule has 132 valence electrons. The molecule has 2 aromatic rings. The van der Waals surface area contributed by atoms with Gasteiger partial charge in [-0.3, -0.25) is 9.52 Å². The van der Waals surface area contributed by atoms with Gasteiger partial charge in [0.25, 0.3) is 10.0 Å². The Morgan fingerprint density at radius 2 is 1.96 bits per heavy atom. The fourth-order valence-corrected chi connectivity index (χ4v) is 4.20. The average Bonchev–Trinajstić information content (AvgIpc) is 3.00. The van der Waals surface area contributed by atoms with Gasteiger partial charge in [-0.1, -0.05) is 6.07 Å². The number of carbonyl (C=O) groups is 1. The zero-order valence-corrected chi connectivity index (χ0v) is 15.0. The molecule has 0 spiro atoms. The first-order valence-electron chi connectivity index (χ1n) is 7.98. The van der Waals surface area contributed by atoms with Crippen LogP contribution < -0.4 is 14.4 Å². The maximum absolute atomic E-state index is 12.7. The molecule has 1 aliphatic heterocycles. The van der Waals surface area contributed by atoms with Crippen LogP contribution in [0, 0.1) is 6.92 Å². The molecule has 2 aromatic carbocycles. The summed E-state index contributed by atoms with van der Waals surface area (Å²) in [5.41, 5.74) is 1.76. The van der Waals surface area contributed by atoms with E-state index in [0.29, 0.717) is 30.0 Å². The lowest BCUT2D eigenvalue weighted by molar-refractivity contribution is -0.117. The summed E-state index contributed by atoms with van der Waals surface area (Å²) >= 11 is 0. The van der Waals surface area contributed by atoms with E-state index in [0.717, 1.165) is 12.1 Å². The van der Waals surface area contributed by atoms with E-state index < -0.39 is 10.0 Å². The Kier molecular flexibility index (Phi) is 4.67. The van der Waals surface area contributed by atoms with E-state index in [-0.39, 0.29) is 10.8 Å². The maximum Gasteiger partial charge on any atom is 0.262 e. The first-order chi connectivity index (χ1) is 11.9. The molecule has 0 unspecified atom stereocenters. The number of hydrogen-bond donors (Lipinski definition) is 1.